The van der Waals surface area contributed by atoms with Gasteiger partial charge in [0, 0.05) is 6.07 Å². The van der Waals surface area contributed by atoms with E-state index in [1.807, 2.05) is 0 Å². The molecular formula is C14H11BrN2O4. The summed E-state index contributed by atoms with van der Waals surface area (Å²) in [7, 11) is 1.41. The van der Waals surface area contributed by atoms with Crippen LogP contribution in [0.15, 0.2) is 36.4 Å². The molecule has 1 aromatic carbocycles. The number of ether oxygens (including phenoxy) is 1. The summed E-state index contributed by atoms with van der Waals surface area (Å²) in [6.45, 7) is 0. The summed E-state index contributed by atoms with van der Waals surface area (Å²) in [4.78, 5) is 29.2. The number of hydrogen-bond donors (Lipinski definition) is 1. The van der Waals surface area contributed by atoms with Gasteiger partial charge in [0.15, 0.2) is 0 Å². The number of fused-ring (bicyclic) bond motifs is 1. The second-order valence-corrected chi connectivity index (χ2v) is 4.19. The highest BCUT2D eigenvalue weighted by molar-refractivity contribution is 8.93. The van der Waals surface area contributed by atoms with Crippen LogP contribution in [0.25, 0.3) is 0 Å². The minimum absolute atomic E-state index is 0. The molecule has 0 unspecified atom stereocenters. The molecule has 0 fully saturated rings. The second kappa shape index (κ2) is 5.53. The number of aromatic nitrogens is 1. The van der Waals surface area contributed by atoms with E-state index < -0.39 is 17.7 Å². The third kappa shape index (κ3) is 2.25. The monoisotopic (exact) mass is 350 g/mol. The molecule has 0 aliphatic carbocycles. The van der Waals surface area contributed by atoms with E-state index in [4.69, 9.17) is 4.74 Å². The minimum Gasteiger partial charge on any atom is -0.492 e. The largest absolute Gasteiger partial charge is 0.492 e. The van der Waals surface area contributed by atoms with Gasteiger partial charge in [0.25, 0.3) is 11.8 Å². The average molecular weight is 351 g/mol. The van der Waals surface area contributed by atoms with Crippen molar-refractivity contribution in [2.45, 2.75) is 0 Å². The van der Waals surface area contributed by atoms with E-state index in [-0.39, 0.29) is 28.5 Å². The Hall–Kier alpha value is -2.41. The molecule has 0 bridgehead atoms. The molecule has 2 amide bonds. The Morgan fingerprint density at radius 1 is 1.05 bits per heavy atom. The van der Waals surface area contributed by atoms with Crippen LogP contribution in [0, 0.1) is 0 Å². The standard InChI is InChI=1S/C14H10N2O4.BrH/c1-20-11-7-6-10(12(17)15-11)16-13(18)8-4-2-3-5-9(8)14(16)19;/h2-7H,1H3,(H,15,17);1H. The molecule has 2 aromatic rings. The lowest BCUT2D eigenvalue weighted by molar-refractivity contribution is 0.0924. The van der Waals surface area contributed by atoms with Gasteiger partial charge in [0.1, 0.15) is 5.69 Å². The molecule has 1 aliphatic rings. The van der Waals surface area contributed by atoms with Crippen molar-refractivity contribution in [3.05, 3.63) is 47.5 Å². The lowest BCUT2D eigenvalue weighted by Gasteiger charge is -2.14. The van der Waals surface area contributed by atoms with Gasteiger partial charge in [-0.1, -0.05) is 12.1 Å². The number of carbonyl (C=O) groups is 2. The highest BCUT2D eigenvalue weighted by atomic mass is 79.9. The number of anilines is 1. The third-order valence-corrected chi connectivity index (χ3v) is 3.07. The summed E-state index contributed by atoms with van der Waals surface area (Å²) in [5.74, 6) is -1.19. The molecule has 21 heavy (non-hydrogen) atoms. The van der Waals surface area contributed by atoms with Crippen molar-refractivity contribution in [1.82, 2.24) is 4.98 Å². The summed E-state index contributed by atoms with van der Waals surface area (Å²) in [6, 6.07) is 9.40. The fourth-order valence-corrected chi connectivity index (χ4v) is 2.12. The number of benzene rings is 1. The Morgan fingerprint density at radius 3 is 2.10 bits per heavy atom. The molecule has 7 heteroatoms. The average Bonchev–Trinajstić information content (AvgIpc) is 2.72. The first kappa shape index (κ1) is 15.0. The first-order valence-electron chi connectivity index (χ1n) is 5.85. The van der Waals surface area contributed by atoms with Crippen molar-refractivity contribution < 1.29 is 19.4 Å². The van der Waals surface area contributed by atoms with Crippen LogP contribution in [0.1, 0.15) is 20.7 Å². The Labute approximate surface area is 130 Å². The lowest BCUT2D eigenvalue weighted by Crippen LogP contribution is -2.29. The van der Waals surface area contributed by atoms with Crippen molar-refractivity contribution >= 4 is 34.5 Å². The lowest BCUT2D eigenvalue weighted by atomic mass is 10.1. The molecule has 1 N–H and O–H groups in total. The fourth-order valence-electron chi connectivity index (χ4n) is 2.12. The van der Waals surface area contributed by atoms with Crippen molar-refractivity contribution in [2.75, 3.05) is 12.0 Å². The number of aromatic hydroxyl groups is 1. The number of pyridine rings is 1. The molecule has 0 saturated carbocycles. The van der Waals surface area contributed by atoms with Gasteiger partial charge in [0.05, 0.1) is 18.2 Å². The van der Waals surface area contributed by atoms with Crippen molar-refractivity contribution in [2.24, 2.45) is 0 Å². The molecule has 0 atom stereocenters. The number of rotatable bonds is 2. The van der Waals surface area contributed by atoms with Gasteiger partial charge in [-0.05, 0) is 18.2 Å². The summed E-state index contributed by atoms with van der Waals surface area (Å²) in [5.41, 5.74) is 0.664. The molecule has 108 valence electrons. The number of carbonyl (C=O) groups excluding carboxylic acids is 2. The van der Waals surface area contributed by atoms with Gasteiger partial charge in [-0.2, -0.15) is 4.98 Å². The Balaban J connectivity index is 0.00000161. The number of methoxy groups -OCH3 is 1. The maximum absolute atomic E-state index is 12.2. The molecule has 0 spiro atoms. The maximum atomic E-state index is 12.2. The Bertz CT molecular complexity index is 698. The smallest absolute Gasteiger partial charge is 0.266 e. The normalized spacial score (nSPS) is 12.9. The molecule has 6 nitrogen and oxygen atoms in total. The van der Waals surface area contributed by atoms with Crippen LogP contribution in [-0.2, 0) is 0 Å². The van der Waals surface area contributed by atoms with Crippen LogP contribution in [0.2, 0.25) is 0 Å². The fraction of sp³-hybridized carbons (Fsp3) is 0.0714. The molecule has 2 heterocycles. The van der Waals surface area contributed by atoms with E-state index in [0.717, 1.165) is 4.90 Å². The van der Waals surface area contributed by atoms with E-state index >= 15 is 0 Å². The van der Waals surface area contributed by atoms with Crippen molar-refractivity contribution in [3.63, 3.8) is 0 Å². The second-order valence-electron chi connectivity index (χ2n) is 4.19. The van der Waals surface area contributed by atoms with E-state index in [9.17, 15) is 14.7 Å². The third-order valence-electron chi connectivity index (χ3n) is 3.07. The first-order chi connectivity index (χ1) is 9.63. The van der Waals surface area contributed by atoms with Crippen molar-refractivity contribution in [3.8, 4) is 11.8 Å². The van der Waals surface area contributed by atoms with Crippen LogP contribution in [0.3, 0.4) is 0 Å². The molecule has 0 radical (unpaired) electrons. The predicted molar refractivity (Wildman–Crippen MR) is 80.4 cm³/mol. The van der Waals surface area contributed by atoms with Gasteiger partial charge in [-0.25, -0.2) is 4.90 Å². The number of nitrogens with zero attached hydrogens (tertiary/aromatic N) is 2. The zero-order valence-electron chi connectivity index (χ0n) is 10.9. The van der Waals surface area contributed by atoms with Gasteiger partial charge >= 0.3 is 0 Å². The molecule has 1 aliphatic heterocycles. The van der Waals surface area contributed by atoms with Crippen LogP contribution >= 0.6 is 17.0 Å². The van der Waals surface area contributed by atoms with E-state index in [1.165, 1.54) is 19.2 Å². The molecular weight excluding hydrogens is 340 g/mol. The van der Waals surface area contributed by atoms with Crippen molar-refractivity contribution in [1.29, 1.82) is 0 Å². The number of imide groups is 1. The van der Waals surface area contributed by atoms with Gasteiger partial charge < -0.3 is 9.84 Å². The number of hydrogen-bond acceptors (Lipinski definition) is 5. The maximum Gasteiger partial charge on any atom is 0.266 e. The Morgan fingerprint density at radius 2 is 1.62 bits per heavy atom. The number of amides is 2. The zero-order chi connectivity index (χ0) is 14.3. The molecule has 0 saturated heterocycles. The number of halogens is 1. The quantitative estimate of drug-likeness (QED) is 0.839. The molecule has 1 aromatic heterocycles. The summed E-state index contributed by atoms with van der Waals surface area (Å²) in [6.07, 6.45) is 0. The minimum atomic E-state index is -0.479. The van der Waals surface area contributed by atoms with Crippen LogP contribution in [0.4, 0.5) is 5.69 Å². The molecule has 3 rings (SSSR count). The summed E-state index contributed by atoms with van der Waals surface area (Å²) >= 11 is 0. The topological polar surface area (TPSA) is 79.7 Å². The van der Waals surface area contributed by atoms with Gasteiger partial charge in [-0.3, -0.25) is 9.59 Å². The SMILES string of the molecule is Br.COc1ccc(N2C(=O)c3ccccc3C2=O)c(O)n1. The predicted octanol–water partition coefficient (Wildman–Crippen LogP) is 2.17. The summed E-state index contributed by atoms with van der Waals surface area (Å²) < 4.78 is 4.87. The van der Waals surface area contributed by atoms with E-state index in [0.29, 0.717) is 11.1 Å². The van der Waals surface area contributed by atoms with Gasteiger partial charge in [0.2, 0.25) is 11.8 Å². The van der Waals surface area contributed by atoms with Gasteiger partial charge in [-0.15, -0.1) is 17.0 Å². The summed E-state index contributed by atoms with van der Waals surface area (Å²) in [5, 5.41) is 9.86. The zero-order valence-corrected chi connectivity index (χ0v) is 12.7. The van der Waals surface area contributed by atoms with Crippen LogP contribution in [0.5, 0.6) is 11.8 Å². The van der Waals surface area contributed by atoms with Crippen LogP contribution in [-0.4, -0.2) is 29.0 Å². The van der Waals surface area contributed by atoms with E-state index in [2.05, 4.69) is 4.98 Å². The first-order valence-corrected chi connectivity index (χ1v) is 5.85. The highest BCUT2D eigenvalue weighted by Gasteiger charge is 2.37. The van der Waals surface area contributed by atoms with E-state index in [1.54, 1.807) is 24.3 Å². The highest BCUT2D eigenvalue weighted by Crippen LogP contribution is 2.34. The Kier molecular flexibility index (Phi) is 3.95. The van der Waals surface area contributed by atoms with Crippen LogP contribution < -0.4 is 9.64 Å².